The van der Waals surface area contributed by atoms with Gasteiger partial charge in [-0.25, -0.2) is 14.8 Å². The second-order valence-corrected chi connectivity index (χ2v) is 11.1. The van der Waals surface area contributed by atoms with E-state index in [9.17, 15) is 9.59 Å². The summed E-state index contributed by atoms with van der Waals surface area (Å²) in [6.07, 6.45) is 6.62. The van der Waals surface area contributed by atoms with Crippen molar-refractivity contribution in [3.05, 3.63) is 59.8 Å². The molecule has 0 atom stereocenters. The van der Waals surface area contributed by atoms with Gasteiger partial charge in [-0.1, -0.05) is 20.8 Å². The second kappa shape index (κ2) is 11.0. The fraction of sp³-hybridized carbons (Fsp3) is 0.433. The van der Waals surface area contributed by atoms with Crippen molar-refractivity contribution in [1.29, 1.82) is 0 Å². The number of ether oxygens (including phenoxy) is 1. The summed E-state index contributed by atoms with van der Waals surface area (Å²) in [4.78, 5) is 38.8. The van der Waals surface area contributed by atoms with Crippen molar-refractivity contribution >= 4 is 28.7 Å². The molecule has 1 aliphatic carbocycles. The van der Waals surface area contributed by atoms with E-state index in [0.29, 0.717) is 43.4 Å². The summed E-state index contributed by atoms with van der Waals surface area (Å²) < 4.78 is 7.77. The molecule has 2 aliphatic rings. The lowest BCUT2D eigenvalue weighted by molar-refractivity contribution is -0.132. The number of anilines is 1. The fourth-order valence-corrected chi connectivity index (χ4v) is 5.37. The van der Waals surface area contributed by atoms with Gasteiger partial charge in [0.05, 0.1) is 17.8 Å². The summed E-state index contributed by atoms with van der Waals surface area (Å²) in [7, 11) is 0. The van der Waals surface area contributed by atoms with Gasteiger partial charge in [0.1, 0.15) is 12.1 Å². The van der Waals surface area contributed by atoms with Crippen molar-refractivity contribution in [1.82, 2.24) is 34.5 Å². The zero-order chi connectivity index (χ0) is 28.6. The molecule has 11 heteroatoms. The molecule has 11 nitrogen and oxygen atoms in total. The number of aromatic nitrogens is 5. The Morgan fingerprint density at radius 3 is 2.76 bits per heavy atom. The number of fused-ring (bicyclic) bond motifs is 2. The highest BCUT2D eigenvalue weighted by Crippen LogP contribution is 2.47. The van der Waals surface area contributed by atoms with E-state index in [1.54, 1.807) is 10.8 Å². The van der Waals surface area contributed by atoms with E-state index in [1.807, 2.05) is 35.2 Å². The van der Waals surface area contributed by atoms with E-state index in [0.717, 1.165) is 60.3 Å². The van der Waals surface area contributed by atoms with Crippen LogP contribution in [0.15, 0.2) is 42.9 Å². The maximum atomic E-state index is 13.0. The summed E-state index contributed by atoms with van der Waals surface area (Å²) in [6, 6.07) is 9.07. The first-order valence-electron chi connectivity index (χ1n) is 14.4. The summed E-state index contributed by atoms with van der Waals surface area (Å²) in [6.45, 7) is 10.1. The second-order valence-electron chi connectivity index (χ2n) is 11.1. The number of hydrogen-bond donors (Lipinski definition) is 2. The minimum absolute atomic E-state index is 0.146. The van der Waals surface area contributed by atoms with Gasteiger partial charge in [0, 0.05) is 53.8 Å². The Hall–Kier alpha value is -4.25. The van der Waals surface area contributed by atoms with Crippen LogP contribution in [0, 0.1) is 0 Å². The Labute approximate surface area is 238 Å². The van der Waals surface area contributed by atoms with E-state index in [-0.39, 0.29) is 17.4 Å². The number of amides is 2. The quantitative estimate of drug-likeness (QED) is 0.307. The molecule has 0 radical (unpaired) electrons. The van der Waals surface area contributed by atoms with Gasteiger partial charge < -0.3 is 14.5 Å². The Bertz CT molecular complexity index is 1580. The van der Waals surface area contributed by atoms with Gasteiger partial charge >= 0.3 is 6.03 Å². The van der Waals surface area contributed by atoms with Gasteiger partial charge in [-0.15, -0.1) is 0 Å². The number of rotatable bonds is 9. The van der Waals surface area contributed by atoms with Crippen LogP contribution in [0.25, 0.3) is 10.9 Å². The van der Waals surface area contributed by atoms with E-state index in [1.165, 1.54) is 6.33 Å². The van der Waals surface area contributed by atoms with Crippen LogP contribution in [0.5, 0.6) is 11.6 Å². The number of benzene rings is 1. The molecule has 1 fully saturated rings. The average Bonchev–Trinajstić information content (AvgIpc) is 3.35. The number of aromatic amines is 1. The highest BCUT2D eigenvalue weighted by molar-refractivity contribution is 5.98. The van der Waals surface area contributed by atoms with Crippen LogP contribution < -0.4 is 10.1 Å². The minimum atomic E-state index is -0.284. The number of hydrogen-bond acceptors (Lipinski definition) is 7. The van der Waals surface area contributed by atoms with Crippen molar-refractivity contribution in [3.63, 3.8) is 0 Å². The first-order valence-corrected chi connectivity index (χ1v) is 14.4. The molecule has 4 aromatic rings. The predicted octanol–water partition coefficient (Wildman–Crippen LogP) is 4.70. The predicted molar refractivity (Wildman–Crippen MR) is 155 cm³/mol. The summed E-state index contributed by atoms with van der Waals surface area (Å²) in [5.74, 6) is 1.77. The molecule has 1 aliphatic heterocycles. The molecule has 1 aromatic carbocycles. The van der Waals surface area contributed by atoms with Gasteiger partial charge in [-0.3, -0.25) is 19.8 Å². The van der Waals surface area contributed by atoms with E-state index < -0.39 is 0 Å². The SMILES string of the molecule is CCN(CC)CCC(=O)N1CCc2c(ncnc2Oc2ccc3c(ccn3C(=O)Nc3cc(C4(C)CC4)[nH]n3)c2)C1. The molecule has 3 aromatic heterocycles. The van der Waals surface area contributed by atoms with Crippen molar-refractivity contribution in [2.24, 2.45) is 0 Å². The summed E-state index contributed by atoms with van der Waals surface area (Å²) >= 11 is 0. The first kappa shape index (κ1) is 26.9. The molecule has 2 N–H and O–H groups in total. The lowest BCUT2D eigenvalue weighted by atomic mass is 10.1. The van der Waals surface area contributed by atoms with Crippen molar-refractivity contribution in [2.45, 2.75) is 58.4 Å². The maximum absolute atomic E-state index is 13.0. The van der Waals surface area contributed by atoms with Crippen molar-refractivity contribution in [2.75, 3.05) is 31.5 Å². The molecule has 4 heterocycles. The number of carbonyl (C=O) groups excluding carboxylic acids is 2. The Morgan fingerprint density at radius 1 is 1.15 bits per heavy atom. The average molecular weight is 557 g/mol. The van der Waals surface area contributed by atoms with Crippen LogP contribution in [0.3, 0.4) is 0 Å². The van der Waals surface area contributed by atoms with Crippen molar-refractivity contribution < 1.29 is 14.3 Å². The molecule has 0 spiro atoms. The molecular formula is C30H36N8O3. The number of nitrogens with one attached hydrogen (secondary N) is 2. The van der Waals surface area contributed by atoms with Crippen LogP contribution in [-0.2, 0) is 23.2 Å². The fourth-order valence-electron chi connectivity index (χ4n) is 5.37. The van der Waals surface area contributed by atoms with Gasteiger partial charge in [-0.2, -0.15) is 5.10 Å². The zero-order valence-corrected chi connectivity index (χ0v) is 23.8. The topological polar surface area (TPSA) is 121 Å². The molecule has 2 amide bonds. The molecule has 1 saturated carbocycles. The third kappa shape index (κ3) is 5.54. The number of H-pyrrole nitrogens is 1. The molecule has 0 bridgehead atoms. The monoisotopic (exact) mass is 556 g/mol. The molecular weight excluding hydrogens is 520 g/mol. The first-order chi connectivity index (χ1) is 19.9. The highest BCUT2D eigenvalue weighted by Gasteiger charge is 2.40. The Kier molecular flexibility index (Phi) is 7.21. The highest BCUT2D eigenvalue weighted by atomic mass is 16.5. The van der Waals surface area contributed by atoms with Crippen LogP contribution in [-0.4, -0.2) is 72.6 Å². The molecule has 0 unspecified atom stereocenters. The smallest absolute Gasteiger partial charge is 0.331 e. The van der Waals surface area contributed by atoms with Crippen LogP contribution >= 0.6 is 0 Å². The minimum Gasteiger partial charge on any atom is -0.439 e. The van der Waals surface area contributed by atoms with E-state index in [4.69, 9.17) is 4.74 Å². The van der Waals surface area contributed by atoms with E-state index >= 15 is 0 Å². The molecule has 41 heavy (non-hydrogen) atoms. The summed E-state index contributed by atoms with van der Waals surface area (Å²) in [5.41, 5.74) is 3.70. The van der Waals surface area contributed by atoms with E-state index in [2.05, 4.69) is 51.2 Å². The zero-order valence-electron chi connectivity index (χ0n) is 23.8. The lowest BCUT2D eigenvalue weighted by Gasteiger charge is -2.29. The number of nitrogens with zero attached hydrogens (tertiary/aromatic N) is 6. The van der Waals surface area contributed by atoms with Crippen molar-refractivity contribution in [3.8, 4) is 11.6 Å². The van der Waals surface area contributed by atoms with Crippen LogP contribution in [0.4, 0.5) is 10.6 Å². The molecule has 214 valence electrons. The Balaban J connectivity index is 1.12. The van der Waals surface area contributed by atoms with Gasteiger partial charge in [0.2, 0.25) is 11.8 Å². The summed E-state index contributed by atoms with van der Waals surface area (Å²) in [5, 5.41) is 11.0. The standard InChI is InChI=1S/C30H36N8O3/c1-4-36(5-2)13-10-27(39)37-14-9-22-23(18-37)31-19-32-28(22)41-21-6-7-24-20(16-21)8-15-38(24)29(40)33-26-17-25(34-35-26)30(3)11-12-30/h6-8,15-17,19H,4-5,9-14,18H2,1-3H3,(H2,33,34,35,40). The third-order valence-corrected chi connectivity index (χ3v) is 8.41. The van der Waals surface area contributed by atoms with Gasteiger partial charge in [0.25, 0.3) is 0 Å². The number of carbonyl (C=O) groups is 2. The largest absolute Gasteiger partial charge is 0.439 e. The Morgan fingerprint density at radius 2 is 1.98 bits per heavy atom. The van der Waals surface area contributed by atoms with Gasteiger partial charge in [0.15, 0.2) is 5.82 Å². The molecule has 6 rings (SSSR count). The van der Waals surface area contributed by atoms with Gasteiger partial charge in [-0.05, 0) is 56.6 Å². The van der Waals surface area contributed by atoms with Crippen LogP contribution in [0.2, 0.25) is 0 Å². The maximum Gasteiger partial charge on any atom is 0.331 e. The lowest BCUT2D eigenvalue weighted by Crippen LogP contribution is -2.38. The van der Waals surface area contributed by atoms with Crippen LogP contribution in [0.1, 0.15) is 57.0 Å². The normalized spacial score (nSPS) is 15.7. The third-order valence-electron chi connectivity index (χ3n) is 8.41. The molecule has 0 saturated heterocycles.